The van der Waals surface area contributed by atoms with E-state index in [1.54, 1.807) is 24.3 Å². The maximum Gasteiger partial charge on any atom is 0.338 e. The molecule has 0 aliphatic rings. The molecular weight excluding hydrogens is 288 g/mol. The number of rotatable bonds is 10. The van der Waals surface area contributed by atoms with Crippen molar-refractivity contribution in [1.29, 1.82) is 0 Å². The van der Waals surface area contributed by atoms with Gasteiger partial charge < -0.3 is 9.47 Å². The van der Waals surface area contributed by atoms with Crippen molar-refractivity contribution in [3.63, 3.8) is 0 Å². The lowest BCUT2D eigenvalue weighted by atomic mass is 10.1. The van der Waals surface area contributed by atoms with E-state index in [-0.39, 0.29) is 12.1 Å². The molecule has 21 heavy (non-hydrogen) atoms. The quantitative estimate of drug-likeness (QED) is 0.456. The highest BCUT2D eigenvalue weighted by atomic mass is 35.5. The maximum atomic E-state index is 12.1. The molecule has 0 heterocycles. The summed E-state index contributed by atoms with van der Waals surface area (Å²) in [5.74, 6) is -0.335. The van der Waals surface area contributed by atoms with Crippen LogP contribution >= 0.6 is 11.6 Å². The lowest BCUT2D eigenvalue weighted by Gasteiger charge is -2.18. The molecule has 0 saturated heterocycles. The van der Waals surface area contributed by atoms with Crippen molar-refractivity contribution in [3.8, 4) is 0 Å². The fourth-order valence-corrected chi connectivity index (χ4v) is 2.25. The van der Waals surface area contributed by atoms with Gasteiger partial charge in [0, 0.05) is 11.6 Å². The standard InChI is InChI=1S/C17H25ClO3/c1-3-5-6-7-11-16(13-20-4-2)21-17(19)14-9-8-10-15(18)12-14/h8-10,12,16H,3-7,11,13H2,1-2H3. The zero-order valence-electron chi connectivity index (χ0n) is 12.9. The van der Waals surface area contributed by atoms with Crippen LogP contribution in [-0.4, -0.2) is 25.3 Å². The van der Waals surface area contributed by atoms with Crippen molar-refractivity contribution in [2.45, 2.75) is 52.1 Å². The third kappa shape index (κ3) is 7.49. The Morgan fingerprint density at radius 1 is 1.24 bits per heavy atom. The van der Waals surface area contributed by atoms with Gasteiger partial charge in [-0.15, -0.1) is 0 Å². The number of benzene rings is 1. The molecule has 0 fully saturated rings. The molecule has 0 aliphatic heterocycles. The summed E-state index contributed by atoms with van der Waals surface area (Å²) in [6, 6.07) is 6.82. The van der Waals surface area contributed by atoms with E-state index in [1.165, 1.54) is 12.8 Å². The molecule has 1 aromatic carbocycles. The Bertz CT molecular complexity index is 420. The van der Waals surface area contributed by atoms with Crippen LogP contribution in [0.15, 0.2) is 24.3 Å². The first-order valence-corrected chi connectivity index (χ1v) is 8.09. The van der Waals surface area contributed by atoms with E-state index in [1.807, 2.05) is 6.92 Å². The number of hydrogen-bond acceptors (Lipinski definition) is 3. The van der Waals surface area contributed by atoms with Gasteiger partial charge in [0.05, 0.1) is 12.2 Å². The number of esters is 1. The second-order valence-corrected chi connectivity index (χ2v) is 5.48. The fourth-order valence-electron chi connectivity index (χ4n) is 2.06. The van der Waals surface area contributed by atoms with Crippen LogP contribution in [0.2, 0.25) is 5.02 Å². The smallest absolute Gasteiger partial charge is 0.338 e. The van der Waals surface area contributed by atoms with Gasteiger partial charge in [-0.2, -0.15) is 0 Å². The number of unbranched alkanes of at least 4 members (excludes halogenated alkanes) is 3. The number of carbonyl (C=O) groups is 1. The van der Waals surface area contributed by atoms with Gasteiger partial charge in [0.25, 0.3) is 0 Å². The van der Waals surface area contributed by atoms with Crippen molar-refractivity contribution in [3.05, 3.63) is 34.9 Å². The summed E-state index contributed by atoms with van der Waals surface area (Å²) in [6.07, 6.45) is 5.27. The summed E-state index contributed by atoms with van der Waals surface area (Å²) in [6.45, 7) is 5.19. The summed E-state index contributed by atoms with van der Waals surface area (Å²) in [5, 5.41) is 0.536. The van der Waals surface area contributed by atoms with Gasteiger partial charge in [-0.3, -0.25) is 0 Å². The van der Waals surface area contributed by atoms with Gasteiger partial charge in [0.1, 0.15) is 6.10 Å². The van der Waals surface area contributed by atoms with Crippen LogP contribution in [0.1, 0.15) is 56.3 Å². The molecule has 0 N–H and O–H groups in total. The van der Waals surface area contributed by atoms with Crippen molar-refractivity contribution >= 4 is 17.6 Å². The second kappa shape index (κ2) is 10.6. The highest BCUT2D eigenvalue weighted by molar-refractivity contribution is 6.30. The van der Waals surface area contributed by atoms with Gasteiger partial charge in [0.15, 0.2) is 0 Å². The first-order valence-electron chi connectivity index (χ1n) is 7.71. The maximum absolute atomic E-state index is 12.1. The van der Waals surface area contributed by atoms with Gasteiger partial charge in [-0.1, -0.05) is 43.9 Å². The largest absolute Gasteiger partial charge is 0.456 e. The molecule has 0 bridgehead atoms. The normalized spacial score (nSPS) is 12.1. The van der Waals surface area contributed by atoms with Gasteiger partial charge in [0.2, 0.25) is 0 Å². The highest BCUT2D eigenvalue weighted by Crippen LogP contribution is 2.15. The Morgan fingerprint density at radius 2 is 2.05 bits per heavy atom. The summed E-state index contributed by atoms with van der Waals surface area (Å²) in [5.41, 5.74) is 0.484. The van der Waals surface area contributed by atoms with Crippen LogP contribution in [0.3, 0.4) is 0 Å². The van der Waals surface area contributed by atoms with Crippen LogP contribution in [0, 0.1) is 0 Å². The van der Waals surface area contributed by atoms with E-state index in [0.29, 0.717) is 23.8 Å². The SMILES string of the molecule is CCCCCCC(COCC)OC(=O)c1cccc(Cl)c1. The topological polar surface area (TPSA) is 35.5 Å². The third-order valence-corrected chi connectivity index (χ3v) is 3.46. The minimum Gasteiger partial charge on any atom is -0.456 e. The number of halogens is 1. The second-order valence-electron chi connectivity index (χ2n) is 5.05. The Morgan fingerprint density at radius 3 is 2.71 bits per heavy atom. The number of hydrogen-bond donors (Lipinski definition) is 0. The summed E-state index contributed by atoms with van der Waals surface area (Å²) >= 11 is 5.89. The van der Waals surface area contributed by atoms with E-state index in [4.69, 9.17) is 21.1 Å². The lowest BCUT2D eigenvalue weighted by Crippen LogP contribution is -2.24. The van der Waals surface area contributed by atoms with Crippen LogP contribution in [-0.2, 0) is 9.47 Å². The van der Waals surface area contributed by atoms with E-state index in [2.05, 4.69) is 6.92 Å². The van der Waals surface area contributed by atoms with Crippen LogP contribution in [0.5, 0.6) is 0 Å². The Hall–Kier alpha value is -1.06. The average molecular weight is 313 g/mol. The Labute approximate surface area is 132 Å². The van der Waals surface area contributed by atoms with Crippen molar-refractivity contribution in [2.24, 2.45) is 0 Å². The molecular formula is C17H25ClO3. The Balaban J connectivity index is 2.51. The molecule has 118 valence electrons. The zero-order valence-corrected chi connectivity index (χ0v) is 13.7. The van der Waals surface area contributed by atoms with Crippen molar-refractivity contribution < 1.29 is 14.3 Å². The van der Waals surface area contributed by atoms with Gasteiger partial charge in [-0.05, 0) is 38.0 Å². The number of carbonyl (C=O) groups excluding carboxylic acids is 1. The molecule has 0 saturated carbocycles. The third-order valence-electron chi connectivity index (χ3n) is 3.22. The Kier molecular flexibility index (Phi) is 9.11. The number of ether oxygens (including phenoxy) is 2. The van der Waals surface area contributed by atoms with Crippen molar-refractivity contribution in [2.75, 3.05) is 13.2 Å². The molecule has 0 aliphatic carbocycles. The predicted molar refractivity (Wildman–Crippen MR) is 85.9 cm³/mol. The lowest BCUT2D eigenvalue weighted by molar-refractivity contribution is -0.00552. The first kappa shape index (κ1) is 18.0. The van der Waals surface area contributed by atoms with Gasteiger partial charge >= 0.3 is 5.97 Å². The zero-order chi connectivity index (χ0) is 15.5. The molecule has 1 unspecified atom stereocenters. The summed E-state index contributed by atoms with van der Waals surface area (Å²) in [4.78, 5) is 12.1. The van der Waals surface area contributed by atoms with Crippen LogP contribution in [0.25, 0.3) is 0 Å². The molecule has 0 amide bonds. The molecule has 1 aromatic rings. The minimum absolute atomic E-state index is 0.187. The molecule has 4 heteroatoms. The average Bonchev–Trinajstić information content (AvgIpc) is 2.48. The monoisotopic (exact) mass is 312 g/mol. The highest BCUT2D eigenvalue weighted by Gasteiger charge is 2.16. The first-order chi connectivity index (χ1) is 10.2. The van der Waals surface area contributed by atoms with E-state index >= 15 is 0 Å². The molecule has 0 radical (unpaired) electrons. The van der Waals surface area contributed by atoms with E-state index < -0.39 is 0 Å². The van der Waals surface area contributed by atoms with Crippen LogP contribution in [0.4, 0.5) is 0 Å². The fraction of sp³-hybridized carbons (Fsp3) is 0.588. The van der Waals surface area contributed by atoms with Gasteiger partial charge in [-0.25, -0.2) is 4.79 Å². The minimum atomic E-state index is -0.335. The molecule has 0 spiro atoms. The van der Waals surface area contributed by atoms with Crippen molar-refractivity contribution in [1.82, 2.24) is 0 Å². The molecule has 1 rings (SSSR count). The molecule has 3 nitrogen and oxygen atoms in total. The van der Waals surface area contributed by atoms with Crippen LogP contribution < -0.4 is 0 Å². The predicted octanol–water partition coefficient (Wildman–Crippen LogP) is 4.87. The van der Waals surface area contributed by atoms with E-state index in [0.717, 1.165) is 19.3 Å². The molecule has 0 aromatic heterocycles. The summed E-state index contributed by atoms with van der Waals surface area (Å²) in [7, 11) is 0. The van der Waals surface area contributed by atoms with E-state index in [9.17, 15) is 4.79 Å². The summed E-state index contributed by atoms with van der Waals surface area (Å²) < 4.78 is 11.0. The molecule has 1 atom stereocenters.